The molecule has 0 bridgehead atoms. The van der Waals surface area contributed by atoms with Crippen LogP contribution >= 0.6 is 0 Å². The third-order valence-electron chi connectivity index (χ3n) is 2.79. The molecule has 2 rings (SSSR count). The molecule has 0 radical (unpaired) electrons. The maximum Gasteiger partial charge on any atom is 0.307 e. The lowest BCUT2D eigenvalue weighted by Crippen LogP contribution is -2.08. The normalized spacial score (nSPS) is 21.9. The van der Waals surface area contributed by atoms with E-state index in [1.54, 1.807) is 0 Å². The Bertz CT molecular complexity index is 510. The zero-order valence-electron chi connectivity index (χ0n) is 8.70. The van der Waals surface area contributed by atoms with Crippen molar-refractivity contribution in [1.29, 1.82) is 0 Å². The second kappa shape index (κ2) is 3.97. The lowest BCUT2D eigenvalue weighted by atomic mass is 10.1. The highest BCUT2D eigenvalue weighted by Crippen LogP contribution is 2.41. The van der Waals surface area contributed by atoms with Gasteiger partial charge in [0, 0.05) is 23.6 Å². The Morgan fingerprint density at radius 3 is 2.59 bits per heavy atom. The zero-order chi connectivity index (χ0) is 12.6. The first-order valence-electron chi connectivity index (χ1n) is 5.02. The molecule has 0 aliphatic heterocycles. The van der Waals surface area contributed by atoms with Crippen molar-refractivity contribution in [2.45, 2.75) is 6.42 Å². The molecule has 6 nitrogen and oxygen atoms in total. The van der Waals surface area contributed by atoms with Crippen molar-refractivity contribution in [2.75, 3.05) is 0 Å². The highest BCUT2D eigenvalue weighted by Gasteiger charge is 2.48. The Kier molecular flexibility index (Phi) is 2.63. The van der Waals surface area contributed by atoms with E-state index in [-0.39, 0.29) is 17.0 Å². The van der Waals surface area contributed by atoms with E-state index < -0.39 is 22.7 Å². The number of carbonyl (C=O) groups is 2. The molecule has 1 aromatic rings. The summed E-state index contributed by atoms with van der Waals surface area (Å²) in [5.74, 6) is -2.49. The number of rotatable bonds is 4. The van der Waals surface area contributed by atoms with E-state index in [9.17, 15) is 19.7 Å². The first kappa shape index (κ1) is 11.3. The average molecular weight is 235 g/mol. The Balaban J connectivity index is 2.18. The third-order valence-corrected chi connectivity index (χ3v) is 2.79. The fourth-order valence-corrected chi connectivity index (χ4v) is 1.74. The Hall–Kier alpha value is -2.24. The second-order valence-corrected chi connectivity index (χ2v) is 3.96. The molecular weight excluding hydrogens is 226 g/mol. The molecule has 6 heteroatoms. The summed E-state index contributed by atoms with van der Waals surface area (Å²) in [7, 11) is 0. The molecule has 0 unspecified atom stereocenters. The van der Waals surface area contributed by atoms with Crippen LogP contribution in [0.3, 0.4) is 0 Å². The number of carboxylic acid groups (broad SMARTS) is 1. The van der Waals surface area contributed by atoms with Crippen LogP contribution < -0.4 is 0 Å². The van der Waals surface area contributed by atoms with Crippen LogP contribution in [0, 0.1) is 22.0 Å². The summed E-state index contributed by atoms with van der Waals surface area (Å²) < 4.78 is 0. The molecule has 1 saturated carbocycles. The first-order valence-corrected chi connectivity index (χ1v) is 5.02. The number of carboxylic acids is 1. The fourth-order valence-electron chi connectivity index (χ4n) is 1.74. The van der Waals surface area contributed by atoms with Gasteiger partial charge in [-0.1, -0.05) is 12.1 Å². The summed E-state index contributed by atoms with van der Waals surface area (Å²) in [4.78, 5) is 32.4. The minimum absolute atomic E-state index is 0.164. The molecule has 2 atom stereocenters. The van der Waals surface area contributed by atoms with Gasteiger partial charge in [0.2, 0.25) is 0 Å². The molecule has 0 saturated heterocycles. The first-order chi connectivity index (χ1) is 8.00. The maximum absolute atomic E-state index is 11.8. The molecule has 1 aliphatic carbocycles. The van der Waals surface area contributed by atoms with Crippen LogP contribution in [0.25, 0.3) is 0 Å². The van der Waals surface area contributed by atoms with Gasteiger partial charge in [0.1, 0.15) is 0 Å². The molecule has 88 valence electrons. The lowest BCUT2D eigenvalue weighted by Gasteiger charge is -1.99. The number of non-ortho nitro benzene ring substituents is 1. The van der Waals surface area contributed by atoms with Gasteiger partial charge in [-0.25, -0.2) is 0 Å². The second-order valence-electron chi connectivity index (χ2n) is 3.96. The van der Waals surface area contributed by atoms with Crippen molar-refractivity contribution in [2.24, 2.45) is 11.8 Å². The fraction of sp³-hybridized carbons (Fsp3) is 0.273. The van der Waals surface area contributed by atoms with Crippen LogP contribution in [0.2, 0.25) is 0 Å². The van der Waals surface area contributed by atoms with Crippen molar-refractivity contribution in [1.82, 2.24) is 0 Å². The molecule has 0 spiro atoms. The van der Waals surface area contributed by atoms with Crippen molar-refractivity contribution < 1.29 is 19.6 Å². The minimum atomic E-state index is -0.992. The van der Waals surface area contributed by atoms with Crippen LogP contribution in [-0.2, 0) is 4.79 Å². The van der Waals surface area contributed by atoms with Gasteiger partial charge in [0.15, 0.2) is 5.78 Å². The molecule has 1 N–H and O–H groups in total. The summed E-state index contributed by atoms with van der Waals surface area (Å²) in [6, 6.07) is 5.36. The van der Waals surface area contributed by atoms with Crippen LogP contribution in [0.5, 0.6) is 0 Å². The number of nitro groups is 1. The summed E-state index contributed by atoms with van der Waals surface area (Å²) in [6.45, 7) is 0. The number of Topliss-reactive ketones (excluding diaryl/α,β-unsaturated/α-hetero) is 1. The maximum atomic E-state index is 11.8. The zero-order valence-corrected chi connectivity index (χ0v) is 8.70. The van der Waals surface area contributed by atoms with Gasteiger partial charge in [-0.15, -0.1) is 0 Å². The monoisotopic (exact) mass is 235 g/mol. The largest absolute Gasteiger partial charge is 0.481 e. The average Bonchev–Trinajstić information content (AvgIpc) is 3.08. The third kappa shape index (κ3) is 2.15. The number of ketones is 1. The molecule has 17 heavy (non-hydrogen) atoms. The summed E-state index contributed by atoms with van der Waals surface area (Å²) in [5, 5.41) is 19.2. The van der Waals surface area contributed by atoms with E-state index in [1.165, 1.54) is 24.3 Å². The van der Waals surface area contributed by atoms with Gasteiger partial charge in [0.05, 0.1) is 10.8 Å². The predicted octanol–water partition coefficient (Wildman–Crippen LogP) is 1.50. The number of benzene rings is 1. The molecule has 0 heterocycles. The molecular formula is C11H9NO5. The van der Waals surface area contributed by atoms with Crippen LogP contribution in [0.15, 0.2) is 24.3 Å². The molecule has 0 amide bonds. The number of hydrogen-bond acceptors (Lipinski definition) is 4. The van der Waals surface area contributed by atoms with E-state index in [4.69, 9.17) is 5.11 Å². The van der Waals surface area contributed by atoms with Crippen molar-refractivity contribution in [3.05, 3.63) is 39.9 Å². The van der Waals surface area contributed by atoms with Gasteiger partial charge in [-0.3, -0.25) is 19.7 Å². The lowest BCUT2D eigenvalue weighted by molar-refractivity contribution is -0.384. The highest BCUT2D eigenvalue weighted by atomic mass is 16.6. The SMILES string of the molecule is O=C(c1cccc([N+](=O)[O-])c1)[C@H]1C[C@H]1C(=O)O. The summed E-state index contributed by atoms with van der Waals surface area (Å²) >= 11 is 0. The molecule has 1 aromatic carbocycles. The van der Waals surface area contributed by atoms with Gasteiger partial charge < -0.3 is 5.11 Å². The molecule has 1 aliphatic rings. The number of nitro benzene ring substituents is 1. The van der Waals surface area contributed by atoms with E-state index in [2.05, 4.69) is 0 Å². The summed E-state index contributed by atoms with van der Waals surface area (Å²) in [6.07, 6.45) is 0.316. The topological polar surface area (TPSA) is 97.5 Å². The van der Waals surface area contributed by atoms with Crippen LogP contribution in [0.4, 0.5) is 5.69 Å². The van der Waals surface area contributed by atoms with Gasteiger partial charge in [0.25, 0.3) is 5.69 Å². The van der Waals surface area contributed by atoms with Crippen LogP contribution in [-0.4, -0.2) is 21.8 Å². The molecule has 1 fully saturated rings. The van der Waals surface area contributed by atoms with Crippen LogP contribution in [0.1, 0.15) is 16.8 Å². The quantitative estimate of drug-likeness (QED) is 0.484. The molecule has 0 aromatic heterocycles. The number of aliphatic carboxylic acids is 1. The van der Waals surface area contributed by atoms with E-state index in [0.717, 1.165) is 0 Å². The summed E-state index contributed by atoms with van der Waals surface area (Å²) in [5.41, 5.74) is 0.0383. The van der Waals surface area contributed by atoms with E-state index in [0.29, 0.717) is 6.42 Å². The number of hydrogen-bond donors (Lipinski definition) is 1. The number of carbonyl (C=O) groups excluding carboxylic acids is 1. The van der Waals surface area contributed by atoms with Gasteiger partial charge in [-0.2, -0.15) is 0 Å². The van der Waals surface area contributed by atoms with E-state index in [1.807, 2.05) is 0 Å². The van der Waals surface area contributed by atoms with Gasteiger partial charge in [-0.05, 0) is 6.42 Å². The van der Waals surface area contributed by atoms with E-state index >= 15 is 0 Å². The predicted molar refractivity (Wildman–Crippen MR) is 56.7 cm³/mol. The Labute approximate surface area is 96.0 Å². The number of nitrogens with zero attached hydrogens (tertiary/aromatic N) is 1. The Morgan fingerprint density at radius 2 is 2.06 bits per heavy atom. The Morgan fingerprint density at radius 1 is 1.35 bits per heavy atom. The highest BCUT2D eigenvalue weighted by molar-refractivity contribution is 6.03. The standard InChI is InChI=1S/C11H9NO5/c13-10(8-5-9(8)11(14)15)6-2-1-3-7(4-6)12(16)17/h1-4,8-9H,5H2,(H,14,15)/t8-,9+/m0/s1. The van der Waals surface area contributed by atoms with Crippen molar-refractivity contribution in [3.63, 3.8) is 0 Å². The smallest absolute Gasteiger partial charge is 0.307 e. The van der Waals surface area contributed by atoms with Gasteiger partial charge >= 0.3 is 5.97 Å². The van der Waals surface area contributed by atoms with Crippen molar-refractivity contribution >= 4 is 17.4 Å². The van der Waals surface area contributed by atoms with Crippen molar-refractivity contribution in [3.8, 4) is 0 Å². The minimum Gasteiger partial charge on any atom is -0.481 e.